The third-order valence-corrected chi connectivity index (χ3v) is 5.39. The number of hydrogen-bond donors (Lipinski definition) is 0. The van der Waals surface area contributed by atoms with Gasteiger partial charge in [-0.25, -0.2) is 4.98 Å². The van der Waals surface area contributed by atoms with Crippen LogP contribution in [0.15, 0.2) is 34.2 Å². The second-order valence-electron chi connectivity index (χ2n) is 6.46. The summed E-state index contributed by atoms with van der Waals surface area (Å²) in [5, 5.41) is 0.845. The van der Waals surface area contributed by atoms with Crippen molar-refractivity contribution in [1.29, 1.82) is 0 Å². The SMILES string of the molecule is C[C@H](Sc1nc2ccccc2c(=O)n1C[C@H]1CCCO1)C(=O)N(C)C. The maximum atomic E-state index is 13.0. The summed E-state index contributed by atoms with van der Waals surface area (Å²) in [5.74, 6) is -0.00364. The quantitative estimate of drug-likeness (QED) is 0.603. The van der Waals surface area contributed by atoms with Gasteiger partial charge in [-0.15, -0.1) is 0 Å². The van der Waals surface area contributed by atoms with Crippen molar-refractivity contribution in [2.75, 3.05) is 20.7 Å². The van der Waals surface area contributed by atoms with E-state index in [2.05, 4.69) is 4.98 Å². The molecule has 1 fully saturated rings. The van der Waals surface area contributed by atoms with Crippen LogP contribution in [0.25, 0.3) is 10.9 Å². The molecular weight excluding hydrogens is 338 g/mol. The Bertz CT molecular complexity index is 828. The average molecular weight is 361 g/mol. The fourth-order valence-corrected chi connectivity index (χ4v) is 4.03. The molecule has 2 atom stereocenters. The molecule has 134 valence electrons. The van der Waals surface area contributed by atoms with Crippen molar-refractivity contribution >= 4 is 28.6 Å². The Hall–Kier alpha value is -1.86. The Morgan fingerprint density at radius 3 is 2.88 bits per heavy atom. The van der Waals surface area contributed by atoms with Gasteiger partial charge in [0.05, 0.1) is 28.8 Å². The zero-order chi connectivity index (χ0) is 18.0. The Morgan fingerprint density at radius 1 is 1.44 bits per heavy atom. The Morgan fingerprint density at radius 2 is 2.20 bits per heavy atom. The maximum Gasteiger partial charge on any atom is 0.262 e. The molecule has 0 spiro atoms. The van der Waals surface area contributed by atoms with Gasteiger partial charge in [-0.1, -0.05) is 23.9 Å². The van der Waals surface area contributed by atoms with Crippen LogP contribution in [0, 0.1) is 0 Å². The summed E-state index contributed by atoms with van der Waals surface area (Å²) in [6.45, 7) is 3.05. The van der Waals surface area contributed by atoms with Crippen molar-refractivity contribution < 1.29 is 9.53 Å². The smallest absolute Gasteiger partial charge is 0.262 e. The molecule has 1 saturated heterocycles. The maximum absolute atomic E-state index is 13.0. The number of fused-ring (bicyclic) bond motifs is 1. The summed E-state index contributed by atoms with van der Waals surface area (Å²) in [4.78, 5) is 31.4. The molecule has 1 aromatic carbocycles. The summed E-state index contributed by atoms with van der Waals surface area (Å²) in [6.07, 6.45) is 1.98. The zero-order valence-corrected chi connectivity index (χ0v) is 15.6. The molecule has 2 heterocycles. The van der Waals surface area contributed by atoms with E-state index in [4.69, 9.17) is 4.74 Å². The number of benzene rings is 1. The van der Waals surface area contributed by atoms with E-state index < -0.39 is 0 Å². The lowest BCUT2D eigenvalue weighted by atomic mass is 10.2. The van der Waals surface area contributed by atoms with Gasteiger partial charge < -0.3 is 9.64 Å². The first kappa shape index (κ1) is 17.9. The molecule has 1 aliphatic rings. The van der Waals surface area contributed by atoms with E-state index in [0.29, 0.717) is 22.6 Å². The van der Waals surface area contributed by atoms with E-state index in [1.165, 1.54) is 11.8 Å². The van der Waals surface area contributed by atoms with Crippen LogP contribution < -0.4 is 5.56 Å². The number of para-hydroxylation sites is 1. The average Bonchev–Trinajstić information content (AvgIpc) is 3.10. The zero-order valence-electron chi connectivity index (χ0n) is 14.8. The van der Waals surface area contributed by atoms with E-state index in [9.17, 15) is 9.59 Å². The summed E-state index contributed by atoms with van der Waals surface area (Å²) in [6, 6.07) is 7.32. The molecule has 1 amide bonds. The molecular formula is C18H23N3O3S. The minimum atomic E-state index is -0.321. The molecule has 6 nitrogen and oxygen atoms in total. The third-order valence-electron chi connectivity index (χ3n) is 4.31. The molecule has 0 unspecified atom stereocenters. The number of amides is 1. The molecule has 0 N–H and O–H groups in total. The highest BCUT2D eigenvalue weighted by atomic mass is 32.2. The van der Waals surface area contributed by atoms with Gasteiger partial charge in [-0.3, -0.25) is 14.2 Å². The van der Waals surface area contributed by atoms with E-state index >= 15 is 0 Å². The van der Waals surface area contributed by atoms with Crippen LogP contribution in [-0.4, -0.2) is 52.4 Å². The van der Waals surface area contributed by atoms with Crippen LogP contribution in [0.3, 0.4) is 0 Å². The number of carbonyl (C=O) groups excluding carboxylic acids is 1. The molecule has 7 heteroatoms. The topological polar surface area (TPSA) is 64.4 Å². The molecule has 1 aliphatic heterocycles. The van der Waals surface area contributed by atoms with E-state index in [0.717, 1.165) is 19.4 Å². The number of rotatable bonds is 5. The van der Waals surface area contributed by atoms with Crippen LogP contribution >= 0.6 is 11.8 Å². The van der Waals surface area contributed by atoms with Gasteiger partial charge in [0.1, 0.15) is 0 Å². The summed E-state index contributed by atoms with van der Waals surface area (Å²) in [7, 11) is 3.46. The Labute approximate surface area is 151 Å². The second-order valence-corrected chi connectivity index (χ2v) is 7.76. The number of ether oxygens (including phenoxy) is 1. The summed E-state index contributed by atoms with van der Waals surface area (Å²) < 4.78 is 7.37. The van der Waals surface area contributed by atoms with Crippen LogP contribution in [0.4, 0.5) is 0 Å². The van der Waals surface area contributed by atoms with Crippen molar-refractivity contribution in [2.45, 2.75) is 42.8 Å². The largest absolute Gasteiger partial charge is 0.376 e. The van der Waals surface area contributed by atoms with Crippen molar-refractivity contribution in [3.63, 3.8) is 0 Å². The minimum absolute atomic E-state index is 0.00364. The normalized spacial score (nSPS) is 18.4. The lowest BCUT2D eigenvalue weighted by molar-refractivity contribution is -0.127. The fourth-order valence-electron chi connectivity index (χ4n) is 2.96. The van der Waals surface area contributed by atoms with Crippen LogP contribution in [0.2, 0.25) is 0 Å². The Kier molecular flexibility index (Phi) is 5.44. The molecule has 2 aromatic rings. The minimum Gasteiger partial charge on any atom is -0.376 e. The van der Waals surface area contributed by atoms with E-state index in [-0.39, 0.29) is 22.8 Å². The molecule has 0 saturated carbocycles. The summed E-state index contributed by atoms with van der Waals surface area (Å²) in [5.41, 5.74) is 0.580. The van der Waals surface area contributed by atoms with Gasteiger partial charge in [0.25, 0.3) is 5.56 Å². The number of carbonyl (C=O) groups is 1. The first-order valence-corrected chi connectivity index (χ1v) is 9.34. The highest BCUT2D eigenvalue weighted by molar-refractivity contribution is 8.00. The van der Waals surface area contributed by atoms with Crippen LogP contribution in [0.1, 0.15) is 19.8 Å². The van der Waals surface area contributed by atoms with Gasteiger partial charge in [0.2, 0.25) is 5.91 Å². The number of nitrogens with zero attached hydrogens (tertiary/aromatic N) is 3. The molecule has 3 rings (SSSR count). The highest BCUT2D eigenvalue weighted by Crippen LogP contribution is 2.25. The lowest BCUT2D eigenvalue weighted by Gasteiger charge is -2.20. The molecule has 0 aliphatic carbocycles. The lowest BCUT2D eigenvalue weighted by Crippen LogP contribution is -2.32. The summed E-state index contributed by atoms with van der Waals surface area (Å²) >= 11 is 1.32. The van der Waals surface area contributed by atoms with Crippen molar-refractivity contribution in [3.8, 4) is 0 Å². The standard InChI is InChI=1S/C18H23N3O3S/c1-12(16(22)20(2)3)25-18-19-15-9-5-4-8-14(15)17(23)21(18)11-13-7-6-10-24-13/h4-5,8-9,12-13H,6-7,10-11H2,1-3H3/t12-,13+/m0/s1. The first-order chi connectivity index (χ1) is 12.0. The van der Waals surface area contributed by atoms with Crippen molar-refractivity contribution in [1.82, 2.24) is 14.5 Å². The molecule has 1 aromatic heterocycles. The highest BCUT2D eigenvalue weighted by Gasteiger charge is 2.23. The van der Waals surface area contributed by atoms with E-state index in [1.807, 2.05) is 25.1 Å². The monoisotopic (exact) mass is 361 g/mol. The number of thioether (sulfide) groups is 1. The Balaban J connectivity index is 2.01. The second kappa shape index (κ2) is 7.58. The van der Waals surface area contributed by atoms with E-state index in [1.54, 1.807) is 29.6 Å². The van der Waals surface area contributed by atoms with Gasteiger partial charge in [-0.2, -0.15) is 0 Å². The third kappa shape index (κ3) is 3.88. The van der Waals surface area contributed by atoms with Crippen LogP contribution in [-0.2, 0) is 16.1 Å². The van der Waals surface area contributed by atoms with Gasteiger partial charge in [0.15, 0.2) is 5.16 Å². The molecule has 0 bridgehead atoms. The number of hydrogen-bond acceptors (Lipinski definition) is 5. The predicted molar refractivity (Wildman–Crippen MR) is 99.0 cm³/mol. The molecule has 0 radical (unpaired) electrons. The predicted octanol–water partition coefficient (Wildman–Crippen LogP) is 2.14. The molecule has 25 heavy (non-hydrogen) atoms. The number of aromatic nitrogens is 2. The first-order valence-electron chi connectivity index (χ1n) is 8.46. The van der Waals surface area contributed by atoms with Crippen molar-refractivity contribution in [2.24, 2.45) is 0 Å². The fraction of sp³-hybridized carbons (Fsp3) is 0.500. The van der Waals surface area contributed by atoms with Gasteiger partial charge in [0, 0.05) is 20.7 Å². The van der Waals surface area contributed by atoms with Crippen molar-refractivity contribution in [3.05, 3.63) is 34.6 Å². The van der Waals surface area contributed by atoms with Crippen LogP contribution in [0.5, 0.6) is 0 Å². The van der Waals surface area contributed by atoms with Gasteiger partial charge >= 0.3 is 0 Å². The van der Waals surface area contributed by atoms with Gasteiger partial charge in [-0.05, 0) is 31.9 Å².